The Balaban J connectivity index is 1.50. The first-order valence-electron chi connectivity index (χ1n) is 10.1. The minimum absolute atomic E-state index is 0.256. The van der Waals surface area contributed by atoms with Crippen LogP contribution in [-0.2, 0) is 4.79 Å². The van der Waals surface area contributed by atoms with Gasteiger partial charge in [0.25, 0.3) is 5.91 Å². The largest absolute Gasteiger partial charge is 0.482 e. The Labute approximate surface area is 201 Å². The van der Waals surface area contributed by atoms with E-state index in [9.17, 15) is 4.79 Å². The number of amides is 1. The van der Waals surface area contributed by atoms with E-state index in [4.69, 9.17) is 33.0 Å². The van der Waals surface area contributed by atoms with Crippen molar-refractivity contribution < 1.29 is 9.53 Å². The van der Waals surface area contributed by atoms with Gasteiger partial charge in [-0.15, -0.1) is 0 Å². The van der Waals surface area contributed by atoms with Crippen LogP contribution in [0.5, 0.6) is 5.75 Å². The second-order valence-electron chi connectivity index (χ2n) is 7.21. The van der Waals surface area contributed by atoms with E-state index in [1.807, 2.05) is 67.7 Å². The Morgan fingerprint density at radius 3 is 2.58 bits per heavy atom. The molecule has 1 aromatic heterocycles. The van der Waals surface area contributed by atoms with Crippen LogP contribution >= 0.6 is 23.2 Å². The average molecular weight is 479 g/mol. The van der Waals surface area contributed by atoms with Gasteiger partial charge < -0.3 is 4.74 Å². The van der Waals surface area contributed by atoms with Gasteiger partial charge in [0.15, 0.2) is 6.61 Å². The van der Waals surface area contributed by atoms with Gasteiger partial charge in [-0.3, -0.25) is 4.79 Å². The molecule has 0 atom stereocenters. The lowest BCUT2D eigenvalue weighted by molar-refractivity contribution is -0.123. The SMILES string of the molecule is Cc1ccc(-c2nn(-c3ccccc3)cc2C=NNC(=O)COc2cccc(Cl)c2Cl)cc1. The zero-order valence-corrected chi connectivity index (χ0v) is 19.2. The van der Waals surface area contributed by atoms with Crippen LogP contribution in [0.1, 0.15) is 11.1 Å². The van der Waals surface area contributed by atoms with Crippen molar-refractivity contribution in [2.24, 2.45) is 5.10 Å². The van der Waals surface area contributed by atoms with Crippen molar-refractivity contribution in [3.8, 4) is 22.7 Å². The number of para-hydroxylation sites is 1. The van der Waals surface area contributed by atoms with Gasteiger partial charge in [0, 0.05) is 17.3 Å². The number of halogens is 2. The predicted octanol–water partition coefficient (Wildman–Crippen LogP) is 5.68. The number of carbonyl (C=O) groups excluding carboxylic acids is 1. The Morgan fingerprint density at radius 2 is 1.82 bits per heavy atom. The number of hydrazone groups is 1. The van der Waals surface area contributed by atoms with Gasteiger partial charge in [0.05, 0.1) is 16.9 Å². The number of nitrogens with zero attached hydrogens (tertiary/aromatic N) is 3. The summed E-state index contributed by atoms with van der Waals surface area (Å²) in [5.74, 6) is -0.108. The molecule has 0 aliphatic rings. The summed E-state index contributed by atoms with van der Waals surface area (Å²) in [6.07, 6.45) is 3.42. The molecule has 0 unspecified atom stereocenters. The second-order valence-corrected chi connectivity index (χ2v) is 8.00. The summed E-state index contributed by atoms with van der Waals surface area (Å²) in [7, 11) is 0. The fourth-order valence-electron chi connectivity index (χ4n) is 3.08. The number of ether oxygens (including phenoxy) is 1. The van der Waals surface area contributed by atoms with E-state index < -0.39 is 5.91 Å². The van der Waals surface area contributed by atoms with E-state index >= 15 is 0 Å². The fourth-order valence-corrected chi connectivity index (χ4v) is 3.42. The first-order chi connectivity index (χ1) is 16.0. The highest BCUT2D eigenvalue weighted by molar-refractivity contribution is 6.42. The van der Waals surface area contributed by atoms with Crippen LogP contribution in [0.4, 0.5) is 0 Å². The van der Waals surface area contributed by atoms with E-state index in [-0.39, 0.29) is 11.6 Å². The fraction of sp³-hybridized carbons (Fsp3) is 0.0800. The van der Waals surface area contributed by atoms with E-state index in [2.05, 4.69) is 10.5 Å². The Morgan fingerprint density at radius 1 is 1.06 bits per heavy atom. The Kier molecular flexibility index (Phi) is 7.07. The smallest absolute Gasteiger partial charge is 0.277 e. The minimum Gasteiger partial charge on any atom is -0.482 e. The predicted molar refractivity (Wildman–Crippen MR) is 131 cm³/mol. The molecule has 0 bridgehead atoms. The topological polar surface area (TPSA) is 68.5 Å². The molecule has 0 spiro atoms. The van der Waals surface area contributed by atoms with Crippen LogP contribution in [0, 0.1) is 6.92 Å². The number of aromatic nitrogens is 2. The van der Waals surface area contributed by atoms with Crippen LogP contribution < -0.4 is 10.2 Å². The number of benzene rings is 3. The van der Waals surface area contributed by atoms with Gasteiger partial charge in [-0.25, -0.2) is 10.1 Å². The third-order valence-electron chi connectivity index (χ3n) is 4.76. The summed E-state index contributed by atoms with van der Waals surface area (Å²) in [5, 5.41) is 9.43. The van der Waals surface area contributed by atoms with Gasteiger partial charge >= 0.3 is 0 Å². The lowest BCUT2D eigenvalue weighted by Gasteiger charge is -2.07. The molecular formula is C25H20Cl2N4O2. The molecule has 0 saturated carbocycles. The summed E-state index contributed by atoms with van der Waals surface area (Å²) in [5.41, 5.74) is 6.99. The maximum absolute atomic E-state index is 12.2. The second kappa shape index (κ2) is 10.3. The summed E-state index contributed by atoms with van der Waals surface area (Å²) in [4.78, 5) is 12.2. The molecule has 1 amide bonds. The molecule has 3 aromatic carbocycles. The average Bonchev–Trinajstić information content (AvgIpc) is 3.25. The highest BCUT2D eigenvalue weighted by Gasteiger charge is 2.12. The number of rotatable bonds is 7. The van der Waals surface area contributed by atoms with Gasteiger partial charge in [0.2, 0.25) is 0 Å². The molecule has 1 N–H and O–H groups in total. The maximum Gasteiger partial charge on any atom is 0.277 e. The lowest BCUT2D eigenvalue weighted by atomic mass is 10.1. The molecule has 1 heterocycles. The summed E-state index contributed by atoms with van der Waals surface area (Å²) in [6, 6.07) is 22.8. The Bertz CT molecular complexity index is 1290. The zero-order chi connectivity index (χ0) is 23.2. The standard InChI is InChI=1S/C25H20Cl2N4O2/c1-17-10-12-18(13-11-17)25-19(15-31(30-25)20-6-3-2-4-7-20)14-28-29-23(32)16-33-22-9-5-8-21(26)24(22)27/h2-15H,16H2,1H3,(H,29,32). The third kappa shape index (κ3) is 5.61. The van der Waals surface area contributed by atoms with Gasteiger partial charge in [-0.05, 0) is 31.2 Å². The molecular weight excluding hydrogens is 459 g/mol. The number of carbonyl (C=O) groups is 1. The summed E-state index contributed by atoms with van der Waals surface area (Å²) < 4.78 is 7.21. The van der Waals surface area contributed by atoms with Crippen LogP contribution in [-0.4, -0.2) is 28.5 Å². The number of hydrogen-bond donors (Lipinski definition) is 1. The zero-order valence-electron chi connectivity index (χ0n) is 17.7. The summed E-state index contributed by atoms with van der Waals surface area (Å²) >= 11 is 12.0. The molecule has 0 fully saturated rings. The molecule has 6 nitrogen and oxygen atoms in total. The highest BCUT2D eigenvalue weighted by Crippen LogP contribution is 2.31. The molecule has 33 heavy (non-hydrogen) atoms. The van der Waals surface area contributed by atoms with Crippen molar-refractivity contribution in [2.75, 3.05) is 6.61 Å². The van der Waals surface area contributed by atoms with Crippen LogP contribution in [0.25, 0.3) is 16.9 Å². The molecule has 0 aliphatic heterocycles. The van der Waals surface area contributed by atoms with Crippen molar-refractivity contribution in [2.45, 2.75) is 6.92 Å². The van der Waals surface area contributed by atoms with E-state index in [1.165, 1.54) is 0 Å². The van der Waals surface area contributed by atoms with Crippen molar-refractivity contribution in [1.29, 1.82) is 0 Å². The summed E-state index contributed by atoms with van der Waals surface area (Å²) in [6.45, 7) is 1.77. The molecule has 8 heteroatoms. The third-order valence-corrected chi connectivity index (χ3v) is 5.56. The van der Waals surface area contributed by atoms with Crippen LogP contribution in [0.15, 0.2) is 84.1 Å². The van der Waals surface area contributed by atoms with Crippen LogP contribution in [0.3, 0.4) is 0 Å². The van der Waals surface area contributed by atoms with Gasteiger partial charge in [0.1, 0.15) is 16.5 Å². The van der Waals surface area contributed by atoms with Crippen molar-refractivity contribution >= 4 is 35.3 Å². The molecule has 0 aliphatic carbocycles. The number of nitrogens with one attached hydrogen (secondary N) is 1. The van der Waals surface area contributed by atoms with Crippen LogP contribution in [0.2, 0.25) is 10.0 Å². The number of hydrogen-bond acceptors (Lipinski definition) is 4. The van der Waals surface area contributed by atoms with Gasteiger partial charge in [-0.1, -0.05) is 77.3 Å². The molecule has 4 rings (SSSR count). The first kappa shape index (κ1) is 22.6. The van der Waals surface area contributed by atoms with Crippen molar-refractivity contribution in [3.63, 3.8) is 0 Å². The monoisotopic (exact) mass is 478 g/mol. The number of aryl methyl sites for hydroxylation is 1. The van der Waals surface area contributed by atoms with Crippen molar-refractivity contribution in [1.82, 2.24) is 15.2 Å². The normalized spacial score (nSPS) is 11.0. The molecule has 0 saturated heterocycles. The van der Waals surface area contributed by atoms with E-state index in [0.29, 0.717) is 10.8 Å². The molecule has 166 valence electrons. The van der Waals surface area contributed by atoms with Crippen molar-refractivity contribution in [3.05, 3.63) is 100 Å². The molecule has 0 radical (unpaired) electrons. The maximum atomic E-state index is 12.2. The lowest BCUT2D eigenvalue weighted by Crippen LogP contribution is -2.24. The van der Waals surface area contributed by atoms with E-state index in [1.54, 1.807) is 29.1 Å². The minimum atomic E-state index is -0.436. The van der Waals surface area contributed by atoms with E-state index in [0.717, 1.165) is 28.1 Å². The quantitative estimate of drug-likeness (QED) is 0.274. The highest BCUT2D eigenvalue weighted by atomic mass is 35.5. The first-order valence-corrected chi connectivity index (χ1v) is 10.9. The van der Waals surface area contributed by atoms with Gasteiger partial charge in [-0.2, -0.15) is 10.2 Å². The Hall–Kier alpha value is -3.61. The molecule has 4 aromatic rings.